The fourth-order valence-corrected chi connectivity index (χ4v) is 1.81. The number of alkyl halides is 2. The summed E-state index contributed by atoms with van der Waals surface area (Å²) < 4.78 is 29.0. The molecule has 0 aliphatic rings. The smallest absolute Gasteiger partial charge is 0.387 e. The van der Waals surface area contributed by atoms with Crippen LogP contribution in [0.25, 0.3) is 0 Å². The third-order valence-electron chi connectivity index (χ3n) is 2.73. The minimum absolute atomic E-state index is 0.0303. The molecule has 0 atom stereocenters. The highest BCUT2D eigenvalue weighted by Gasteiger charge is 2.14. The molecule has 0 amide bonds. The number of aromatic nitrogens is 1. The molecule has 1 heterocycles. The van der Waals surface area contributed by atoms with Crippen molar-refractivity contribution in [2.75, 3.05) is 5.73 Å². The molecule has 0 unspecified atom stereocenters. The zero-order valence-electron chi connectivity index (χ0n) is 10.7. The van der Waals surface area contributed by atoms with E-state index >= 15 is 0 Å². The number of anilines is 1. The van der Waals surface area contributed by atoms with Crippen molar-refractivity contribution in [2.45, 2.75) is 13.0 Å². The average Bonchev–Trinajstić information content (AvgIpc) is 2.40. The van der Waals surface area contributed by atoms with E-state index in [-0.39, 0.29) is 23.5 Å². The van der Waals surface area contributed by atoms with Crippen molar-refractivity contribution in [2.24, 2.45) is 0 Å². The molecular formula is C13H11F2N3O3. The molecule has 2 aromatic rings. The van der Waals surface area contributed by atoms with E-state index in [2.05, 4.69) is 9.72 Å². The number of nitrogens with zero attached hydrogens (tertiary/aromatic N) is 2. The molecule has 2 N–H and O–H groups in total. The van der Waals surface area contributed by atoms with E-state index in [1.165, 1.54) is 12.1 Å². The molecule has 0 aliphatic carbocycles. The molecule has 0 bridgehead atoms. The number of nitrogen functional groups attached to an aromatic ring is 1. The van der Waals surface area contributed by atoms with E-state index in [4.69, 9.17) is 5.73 Å². The van der Waals surface area contributed by atoms with Gasteiger partial charge in [0.05, 0.1) is 4.92 Å². The van der Waals surface area contributed by atoms with Crippen LogP contribution in [-0.2, 0) is 6.42 Å². The van der Waals surface area contributed by atoms with Crippen molar-refractivity contribution in [3.05, 3.63) is 57.9 Å². The van der Waals surface area contributed by atoms with Gasteiger partial charge in [-0.25, -0.2) is 0 Å². The van der Waals surface area contributed by atoms with Gasteiger partial charge in [-0.1, -0.05) is 18.2 Å². The normalized spacial score (nSPS) is 10.6. The lowest BCUT2D eigenvalue weighted by Crippen LogP contribution is -2.05. The third-order valence-corrected chi connectivity index (χ3v) is 2.73. The summed E-state index contributed by atoms with van der Waals surface area (Å²) in [6.07, 6.45) is 1.21. The van der Waals surface area contributed by atoms with E-state index in [1.54, 1.807) is 18.2 Å². The predicted octanol–water partition coefficient (Wildman–Crippen LogP) is 2.76. The number of hydrogen-bond acceptors (Lipinski definition) is 5. The highest BCUT2D eigenvalue weighted by atomic mass is 19.3. The second-order valence-electron chi connectivity index (χ2n) is 4.15. The van der Waals surface area contributed by atoms with Crippen molar-refractivity contribution >= 4 is 11.4 Å². The maximum atomic E-state index is 12.3. The summed E-state index contributed by atoms with van der Waals surface area (Å²) in [5.74, 6) is 0.0335. The molecule has 1 aromatic heterocycles. The van der Waals surface area contributed by atoms with Crippen LogP contribution in [0.2, 0.25) is 0 Å². The number of nitro groups is 1. The zero-order valence-corrected chi connectivity index (χ0v) is 10.7. The molecule has 6 nitrogen and oxygen atoms in total. The van der Waals surface area contributed by atoms with Gasteiger partial charge in [-0.3, -0.25) is 15.1 Å². The van der Waals surface area contributed by atoms with Gasteiger partial charge in [0, 0.05) is 17.7 Å². The summed E-state index contributed by atoms with van der Waals surface area (Å²) in [7, 11) is 0. The first-order valence-corrected chi connectivity index (χ1v) is 5.89. The van der Waals surface area contributed by atoms with Crippen LogP contribution in [0, 0.1) is 10.1 Å². The molecule has 0 saturated heterocycles. The van der Waals surface area contributed by atoms with Gasteiger partial charge in [0.2, 0.25) is 0 Å². The number of benzene rings is 1. The lowest BCUT2D eigenvalue weighted by Gasteiger charge is -2.10. The Morgan fingerprint density at radius 1 is 1.38 bits per heavy atom. The molecule has 0 saturated carbocycles. The van der Waals surface area contributed by atoms with E-state index in [0.29, 0.717) is 11.3 Å². The molecule has 8 heteroatoms. The molecule has 1 aromatic carbocycles. The lowest BCUT2D eigenvalue weighted by molar-refractivity contribution is -0.384. The molecule has 0 aliphatic heterocycles. The van der Waals surface area contributed by atoms with Crippen LogP contribution in [0.5, 0.6) is 5.75 Å². The Morgan fingerprint density at radius 2 is 2.10 bits per heavy atom. The van der Waals surface area contributed by atoms with Crippen LogP contribution in [0.4, 0.5) is 20.2 Å². The second kappa shape index (κ2) is 6.12. The summed E-state index contributed by atoms with van der Waals surface area (Å²) in [6.45, 7) is -2.93. The van der Waals surface area contributed by atoms with E-state index < -0.39 is 11.5 Å². The van der Waals surface area contributed by atoms with Crippen LogP contribution in [0.3, 0.4) is 0 Å². The van der Waals surface area contributed by atoms with E-state index in [9.17, 15) is 18.9 Å². The van der Waals surface area contributed by atoms with Crippen molar-refractivity contribution in [3.63, 3.8) is 0 Å². The summed E-state index contributed by atoms with van der Waals surface area (Å²) >= 11 is 0. The van der Waals surface area contributed by atoms with Crippen molar-refractivity contribution in [1.29, 1.82) is 0 Å². The van der Waals surface area contributed by atoms with Crippen LogP contribution < -0.4 is 10.5 Å². The summed E-state index contributed by atoms with van der Waals surface area (Å²) in [5.41, 5.74) is 6.14. The summed E-state index contributed by atoms with van der Waals surface area (Å²) in [4.78, 5) is 13.9. The van der Waals surface area contributed by atoms with Gasteiger partial charge < -0.3 is 10.5 Å². The topological polar surface area (TPSA) is 91.3 Å². The molecule has 0 spiro atoms. The first-order chi connectivity index (χ1) is 9.97. The molecule has 2 rings (SSSR count). The van der Waals surface area contributed by atoms with Gasteiger partial charge in [0.25, 0.3) is 0 Å². The number of nitrogens with two attached hydrogens (primary N) is 1. The average molecular weight is 295 g/mol. The summed E-state index contributed by atoms with van der Waals surface area (Å²) in [6, 6.07) is 7.60. The molecule has 110 valence electrons. The number of halogens is 2. The molecule has 0 fully saturated rings. The van der Waals surface area contributed by atoms with E-state index in [0.717, 1.165) is 6.20 Å². The Balaban J connectivity index is 2.26. The standard InChI is InChI=1S/C13H11F2N3O3/c14-13(15)21-12-4-2-1-3-8(12)5-9-6-10(16)11(7-17-9)18(19)20/h1-4,6-7,13H,5H2,(H2,16,17). The Labute approximate surface area is 118 Å². The predicted molar refractivity (Wildman–Crippen MR) is 71.2 cm³/mol. The fraction of sp³-hybridized carbons (Fsp3) is 0.154. The first kappa shape index (κ1) is 14.6. The van der Waals surface area contributed by atoms with Crippen LogP contribution in [-0.4, -0.2) is 16.5 Å². The minimum atomic E-state index is -2.93. The largest absolute Gasteiger partial charge is 0.435 e. The minimum Gasteiger partial charge on any atom is -0.435 e. The van der Waals surface area contributed by atoms with Crippen LogP contribution in [0.1, 0.15) is 11.3 Å². The van der Waals surface area contributed by atoms with E-state index in [1.807, 2.05) is 0 Å². The number of hydrogen-bond donors (Lipinski definition) is 1. The Kier molecular flexibility index (Phi) is 4.27. The van der Waals surface area contributed by atoms with Gasteiger partial charge in [-0.2, -0.15) is 8.78 Å². The summed E-state index contributed by atoms with van der Waals surface area (Å²) in [5, 5.41) is 10.6. The van der Waals surface area contributed by atoms with Crippen molar-refractivity contribution in [1.82, 2.24) is 4.98 Å². The maximum absolute atomic E-state index is 12.3. The van der Waals surface area contributed by atoms with Crippen LogP contribution in [0.15, 0.2) is 36.5 Å². The number of pyridine rings is 1. The maximum Gasteiger partial charge on any atom is 0.387 e. The zero-order chi connectivity index (χ0) is 15.4. The first-order valence-electron chi connectivity index (χ1n) is 5.89. The van der Waals surface area contributed by atoms with Gasteiger partial charge >= 0.3 is 12.3 Å². The van der Waals surface area contributed by atoms with Gasteiger partial charge in [0.15, 0.2) is 0 Å². The highest BCUT2D eigenvalue weighted by Crippen LogP contribution is 2.25. The lowest BCUT2D eigenvalue weighted by atomic mass is 10.1. The number of ether oxygens (including phenoxy) is 1. The molecule has 21 heavy (non-hydrogen) atoms. The van der Waals surface area contributed by atoms with Gasteiger partial charge in [-0.15, -0.1) is 0 Å². The SMILES string of the molecule is Nc1cc(Cc2ccccc2OC(F)F)ncc1[N+](=O)[O-]. The number of rotatable bonds is 5. The van der Waals surface area contributed by atoms with Gasteiger partial charge in [-0.05, 0) is 12.1 Å². The molecule has 0 radical (unpaired) electrons. The van der Waals surface area contributed by atoms with Crippen molar-refractivity contribution < 1.29 is 18.4 Å². The number of para-hydroxylation sites is 1. The molecular weight excluding hydrogens is 284 g/mol. The second-order valence-corrected chi connectivity index (χ2v) is 4.15. The quantitative estimate of drug-likeness (QED) is 0.676. The Morgan fingerprint density at radius 3 is 2.71 bits per heavy atom. The van der Waals surface area contributed by atoms with Crippen LogP contribution >= 0.6 is 0 Å². The highest BCUT2D eigenvalue weighted by molar-refractivity contribution is 5.57. The Hall–Kier alpha value is -2.77. The Bertz CT molecular complexity index is 665. The monoisotopic (exact) mass is 295 g/mol. The van der Waals surface area contributed by atoms with Gasteiger partial charge in [0.1, 0.15) is 17.6 Å². The third kappa shape index (κ3) is 3.62. The fourth-order valence-electron chi connectivity index (χ4n) is 1.81. The van der Waals surface area contributed by atoms with Crippen molar-refractivity contribution in [3.8, 4) is 5.75 Å².